The van der Waals surface area contributed by atoms with Crippen LogP contribution in [-0.2, 0) is 16.9 Å². The Hall–Kier alpha value is -2.67. The third-order valence-corrected chi connectivity index (χ3v) is 6.07. The first-order valence-electron chi connectivity index (χ1n) is 8.40. The van der Waals surface area contributed by atoms with E-state index in [-0.39, 0.29) is 24.0 Å². The quantitative estimate of drug-likeness (QED) is 0.721. The number of hydrogen-bond donors (Lipinski definition) is 1. The Morgan fingerprint density at radius 3 is 2.50 bits per heavy atom. The smallest absolute Gasteiger partial charge is 0.251 e. The summed E-state index contributed by atoms with van der Waals surface area (Å²) in [6, 6.07) is 13.4. The zero-order valence-corrected chi connectivity index (χ0v) is 15.6. The van der Waals surface area contributed by atoms with Crippen LogP contribution in [0.3, 0.4) is 0 Å². The van der Waals surface area contributed by atoms with Gasteiger partial charge in [0.25, 0.3) is 5.91 Å². The van der Waals surface area contributed by atoms with Crippen LogP contribution in [0.2, 0.25) is 0 Å². The lowest BCUT2D eigenvalue weighted by atomic mass is 10.0. The molecule has 0 radical (unpaired) electrons. The summed E-state index contributed by atoms with van der Waals surface area (Å²) in [5.74, 6) is -0.234. The summed E-state index contributed by atoms with van der Waals surface area (Å²) in [5, 5.41) is 7.95. The van der Waals surface area contributed by atoms with E-state index in [1.165, 1.54) is 0 Å². The molecule has 0 saturated heterocycles. The lowest BCUT2D eigenvalue weighted by molar-refractivity contribution is 0.0956. The summed E-state index contributed by atoms with van der Waals surface area (Å²) in [7, 11) is -1.17. The van der Waals surface area contributed by atoms with Crippen LogP contribution in [0.15, 0.2) is 48.7 Å². The van der Waals surface area contributed by atoms with Crippen molar-refractivity contribution in [2.24, 2.45) is 7.05 Å². The van der Waals surface area contributed by atoms with E-state index in [1.807, 2.05) is 42.2 Å². The second kappa shape index (κ2) is 7.29. The third-order valence-electron chi connectivity index (χ3n) is 4.37. The number of nitrogens with one attached hydrogen (secondary N) is 1. The van der Waals surface area contributed by atoms with E-state index in [0.717, 1.165) is 22.0 Å². The average molecular weight is 371 g/mol. The summed E-state index contributed by atoms with van der Waals surface area (Å²) >= 11 is 0. The molecule has 1 amide bonds. The van der Waals surface area contributed by atoms with E-state index in [0.29, 0.717) is 5.56 Å². The van der Waals surface area contributed by atoms with Gasteiger partial charge in [0, 0.05) is 30.3 Å². The number of benzene rings is 2. The van der Waals surface area contributed by atoms with Crippen molar-refractivity contribution in [2.45, 2.75) is 6.92 Å². The van der Waals surface area contributed by atoms with E-state index in [1.54, 1.807) is 19.1 Å². The predicted octanol–water partition coefficient (Wildman–Crippen LogP) is 2.40. The van der Waals surface area contributed by atoms with E-state index >= 15 is 0 Å². The number of carbonyl (C=O) groups is 1. The molecule has 0 aliphatic carbocycles. The van der Waals surface area contributed by atoms with Gasteiger partial charge in [-0.25, -0.2) is 8.42 Å². The van der Waals surface area contributed by atoms with Crippen LogP contribution < -0.4 is 5.32 Å². The van der Waals surface area contributed by atoms with Crippen LogP contribution in [0.25, 0.3) is 22.0 Å². The lowest BCUT2D eigenvalue weighted by Gasteiger charge is -2.07. The maximum Gasteiger partial charge on any atom is 0.251 e. The van der Waals surface area contributed by atoms with Crippen molar-refractivity contribution in [2.75, 3.05) is 18.1 Å². The highest BCUT2D eigenvalue weighted by Crippen LogP contribution is 2.24. The van der Waals surface area contributed by atoms with Gasteiger partial charge in [0.1, 0.15) is 0 Å². The van der Waals surface area contributed by atoms with Crippen molar-refractivity contribution in [1.82, 2.24) is 15.1 Å². The number of sulfone groups is 1. The van der Waals surface area contributed by atoms with Crippen LogP contribution in [0.5, 0.6) is 0 Å². The molecule has 3 rings (SSSR count). The van der Waals surface area contributed by atoms with Gasteiger partial charge >= 0.3 is 0 Å². The number of aryl methyl sites for hydroxylation is 1. The van der Waals surface area contributed by atoms with Crippen LogP contribution in [-0.4, -0.2) is 42.2 Å². The highest BCUT2D eigenvalue weighted by Gasteiger charge is 2.10. The summed E-state index contributed by atoms with van der Waals surface area (Å²) in [6.45, 7) is 1.72. The maximum atomic E-state index is 12.1. The monoisotopic (exact) mass is 371 g/mol. The van der Waals surface area contributed by atoms with Crippen molar-refractivity contribution in [3.8, 4) is 11.1 Å². The predicted molar refractivity (Wildman–Crippen MR) is 103 cm³/mol. The van der Waals surface area contributed by atoms with E-state index in [2.05, 4.69) is 16.5 Å². The van der Waals surface area contributed by atoms with Crippen molar-refractivity contribution in [1.29, 1.82) is 0 Å². The number of carbonyl (C=O) groups excluding carboxylic acids is 1. The molecular weight excluding hydrogens is 350 g/mol. The molecule has 0 atom stereocenters. The van der Waals surface area contributed by atoms with Gasteiger partial charge in [-0.05, 0) is 35.4 Å². The van der Waals surface area contributed by atoms with E-state index < -0.39 is 9.84 Å². The minimum absolute atomic E-state index is 0.0432. The lowest BCUT2D eigenvalue weighted by Crippen LogP contribution is -2.29. The Labute approximate surface area is 152 Å². The van der Waals surface area contributed by atoms with Gasteiger partial charge in [-0.3, -0.25) is 9.48 Å². The second-order valence-electron chi connectivity index (χ2n) is 6.11. The van der Waals surface area contributed by atoms with Crippen LogP contribution >= 0.6 is 0 Å². The molecule has 0 aliphatic heterocycles. The second-order valence-corrected chi connectivity index (χ2v) is 8.58. The topological polar surface area (TPSA) is 81.1 Å². The Morgan fingerprint density at radius 2 is 1.81 bits per heavy atom. The van der Waals surface area contributed by atoms with Gasteiger partial charge in [0.15, 0.2) is 9.84 Å². The van der Waals surface area contributed by atoms with Gasteiger partial charge in [-0.1, -0.05) is 25.1 Å². The summed E-state index contributed by atoms with van der Waals surface area (Å²) in [5.41, 5.74) is 3.62. The fraction of sp³-hybridized carbons (Fsp3) is 0.263. The Morgan fingerprint density at radius 1 is 1.12 bits per heavy atom. The van der Waals surface area contributed by atoms with Crippen molar-refractivity contribution < 1.29 is 13.2 Å². The molecule has 0 spiro atoms. The molecule has 2 aromatic carbocycles. The molecular formula is C19H21N3O3S. The van der Waals surface area contributed by atoms with Gasteiger partial charge < -0.3 is 5.32 Å². The first kappa shape index (κ1) is 18.1. The fourth-order valence-electron chi connectivity index (χ4n) is 2.72. The maximum absolute atomic E-state index is 12.1. The number of fused-ring (bicyclic) bond motifs is 1. The van der Waals surface area contributed by atoms with Crippen molar-refractivity contribution >= 4 is 26.6 Å². The van der Waals surface area contributed by atoms with E-state index in [9.17, 15) is 13.2 Å². The molecule has 7 heteroatoms. The number of hydrogen-bond acceptors (Lipinski definition) is 4. The largest absolute Gasteiger partial charge is 0.351 e. The molecule has 1 aromatic heterocycles. The van der Waals surface area contributed by atoms with Crippen LogP contribution in [0.1, 0.15) is 17.3 Å². The molecule has 3 aromatic rings. The zero-order chi connectivity index (χ0) is 18.7. The molecule has 0 fully saturated rings. The molecule has 136 valence electrons. The first-order valence-corrected chi connectivity index (χ1v) is 10.2. The number of aromatic nitrogens is 2. The number of amides is 1. The molecule has 26 heavy (non-hydrogen) atoms. The summed E-state index contributed by atoms with van der Waals surface area (Å²) in [4.78, 5) is 12.1. The average Bonchev–Trinajstić information content (AvgIpc) is 3.02. The molecule has 6 nitrogen and oxygen atoms in total. The highest BCUT2D eigenvalue weighted by atomic mass is 32.2. The number of nitrogens with zero attached hydrogens (tertiary/aromatic N) is 2. The van der Waals surface area contributed by atoms with Crippen LogP contribution in [0.4, 0.5) is 0 Å². The summed E-state index contributed by atoms with van der Waals surface area (Å²) < 4.78 is 24.7. The van der Waals surface area contributed by atoms with Crippen molar-refractivity contribution in [3.63, 3.8) is 0 Å². The minimum Gasteiger partial charge on any atom is -0.351 e. The standard InChI is InChI=1S/C19H21N3O3S/c1-3-26(24,25)11-10-20-19(23)15-6-4-14(5-7-15)16-8-9-18-17(12-16)13-21-22(18)2/h4-9,12-13H,3,10-11H2,1-2H3,(H,20,23). The Balaban J connectivity index is 1.70. The summed E-state index contributed by atoms with van der Waals surface area (Å²) in [6.07, 6.45) is 1.82. The Bertz CT molecular complexity index is 1040. The first-order chi connectivity index (χ1) is 12.4. The number of rotatable bonds is 6. The van der Waals surface area contributed by atoms with Gasteiger partial charge in [0.2, 0.25) is 0 Å². The van der Waals surface area contributed by atoms with Gasteiger partial charge in [0.05, 0.1) is 17.5 Å². The van der Waals surface area contributed by atoms with E-state index in [4.69, 9.17) is 0 Å². The SMILES string of the molecule is CCS(=O)(=O)CCNC(=O)c1ccc(-c2ccc3c(cnn3C)c2)cc1. The zero-order valence-electron chi connectivity index (χ0n) is 14.8. The molecule has 0 aliphatic rings. The normalized spacial score (nSPS) is 11.6. The molecule has 0 saturated carbocycles. The van der Waals surface area contributed by atoms with Gasteiger partial charge in [-0.15, -0.1) is 0 Å². The Kier molecular flexibility index (Phi) is 5.08. The minimum atomic E-state index is -3.08. The fourth-order valence-corrected chi connectivity index (χ4v) is 3.43. The highest BCUT2D eigenvalue weighted by molar-refractivity contribution is 7.91. The molecule has 1 N–H and O–H groups in total. The molecule has 0 unspecified atom stereocenters. The third kappa shape index (κ3) is 3.94. The van der Waals surface area contributed by atoms with Crippen LogP contribution in [0, 0.1) is 0 Å². The van der Waals surface area contributed by atoms with Gasteiger partial charge in [-0.2, -0.15) is 5.10 Å². The molecule has 0 bridgehead atoms. The van der Waals surface area contributed by atoms with Crippen molar-refractivity contribution in [3.05, 3.63) is 54.2 Å². The molecule has 1 heterocycles.